The molecule has 0 heterocycles. The Balaban J connectivity index is 4.45. The lowest BCUT2D eigenvalue weighted by Gasteiger charge is -2.19. The van der Waals surface area contributed by atoms with Gasteiger partial charge in [-0.15, -0.1) is 0 Å². The topological polar surface area (TPSA) is 64.6 Å². The van der Waals surface area contributed by atoms with Crippen molar-refractivity contribution in [3.63, 3.8) is 0 Å². The number of hydrogen-bond donors (Lipinski definition) is 1. The van der Waals surface area contributed by atoms with Gasteiger partial charge < -0.3 is 14.8 Å². The van der Waals surface area contributed by atoms with Crippen LogP contribution in [0, 0.1) is 5.92 Å². The lowest BCUT2D eigenvalue weighted by atomic mass is 10.0. The molecule has 124 valence electrons. The van der Waals surface area contributed by atoms with Crippen LogP contribution in [0.1, 0.15) is 27.2 Å². The molecule has 0 aliphatic heterocycles. The quantitative estimate of drug-likeness (QED) is 0.496. The summed E-state index contributed by atoms with van der Waals surface area (Å²) < 4.78 is 10.2. The van der Waals surface area contributed by atoms with Gasteiger partial charge in [-0.3, -0.25) is 4.79 Å². The van der Waals surface area contributed by atoms with E-state index in [1.807, 2.05) is 13.8 Å². The summed E-state index contributed by atoms with van der Waals surface area (Å²) in [5, 5.41) is 2.89. The number of hydrogen-bond acceptors (Lipinski definition) is 5. The molecule has 5 heteroatoms. The van der Waals surface area contributed by atoms with Crippen LogP contribution in [0.2, 0.25) is 0 Å². The molecule has 0 saturated heterocycles. The second-order valence-corrected chi connectivity index (χ2v) is 5.34. The minimum atomic E-state index is -0.953. The monoisotopic (exact) mass is 309 g/mol. The number of ether oxygens (including phenoxy) is 2. The Hall–Kier alpha value is -1.88. The molecule has 0 rings (SSSR count). The van der Waals surface area contributed by atoms with Crippen LogP contribution >= 0.6 is 0 Å². The average Bonchev–Trinajstić information content (AvgIpc) is 2.47. The first kappa shape index (κ1) is 20.1. The highest BCUT2D eigenvalue weighted by Crippen LogP contribution is 2.08. The van der Waals surface area contributed by atoms with Crippen molar-refractivity contribution in [1.82, 2.24) is 5.32 Å². The van der Waals surface area contributed by atoms with Crippen LogP contribution < -0.4 is 5.32 Å². The molecule has 1 N–H and O–H groups in total. The highest BCUT2D eigenvalue weighted by atomic mass is 16.6. The van der Waals surface area contributed by atoms with Gasteiger partial charge in [-0.05, 0) is 31.9 Å². The molecule has 0 aromatic carbocycles. The van der Waals surface area contributed by atoms with Gasteiger partial charge in [-0.2, -0.15) is 0 Å². The Morgan fingerprint density at radius 2 is 1.82 bits per heavy atom. The summed E-state index contributed by atoms with van der Waals surface area (Å²) in [6, 6.07) is -0.431. The van der Waals surface area contributed by atoms with E-state index < -0.39 is 24.1 Å². The fraction of sp³-hybridized carbons (Fsp3) is 0.529. The van der Waals surface area contributed by atoms with Crippen LogP contribution in [0.25, 0.3) is 0 Å². The first-order valence-corrected chi connectivity index (χ1v) is 7.34. The van der Waals surface area contributed by atoms with Crippen molar-refractivity contribution in [2.24, 2.45) is 5.92 Å². The van der Waals surface area contributed by atoms with Crippen molar-refractivity contribution in [3.8, 4) is 0 Å². The molecule has 0 radical (unpaired) electrons. The number of rotatable bonds is 10. The molecule has 0 aliphatic rings. The maximum Gasteiger partial charge on any atom is 0.347 e. The second-order valence-electron chi connectivity index (χ2n) is 5.34. The first-order valence-electron chi connectivity index (χ1n) is 7.34. The molecule has 0 aromatic rings. The van der Waals surface area contributed by atoms with Crippen LogP contribution in [0.15, 0.2) is 37.0 Å². The summed E-state index contributed by atoms with van der Waals surface area (Å²) in [5.41, 5.74) is 0.717. The number of allylic oxidation sites excluding steroid dienone is 2. The van der Waals surface area contributed by atoms with E-state index >= 15 is 0 Å². The maximum absolute atomic E-state index is 12.0. The predicted octanol–water partition coefficient (Wildman–Crippen LogP) is 2.39. The standard InChI is InChI=1S/C17H27NO4/c1-7-9-14(8-2)11-21-16(19)13(5)22-17(20)15(18-6)10-12(3)4/h7-9,12-13,15,18H,1-2,10-11H2,3-6H3/b14-9+. The van der Waals surface area contributed by atoms with E-state index in [-0.39, 0.29) is 6.61 Å². The molecule has 0 bridgehead atoms. The van der Waals surface area contributed by atoms with Gasteiger partial charge in [0.15, 0.2) is 6.10 Å². The van der Waals surface area contributed by atoms with Crippen molar-refractivity contribution in [3.05, 3.63) is 37.0 Å². The highest BCUT2D eigenvalue weighted by molar-refractivity contribution is 5.81. The minimum Gasteiger partial charge on any atom is -0.458 e. The zero-order chi connectivity index (χ0) is 17.1. The predicted molar refractivity (Wildman–Crippen MR) is 87.3 cm³/mol. The molecule has 0 spiro atoms. The summed E-state index contributed by atoms with van der Waals surface area (Å²) in [7, 11) is 1.69. The van der Waals surface area contributed by atoms with Gasteiger partial charge in [0.1, 0.15) is 12.6 Å². The fourth-order valence-electron chi connectivity index (χ4n) is 1.71. The van der Waals surface area contributed by atoms with E-state index in [1.54, 1.807) is 25.3 Å². The lowest BCUT2D eigenvalue weighted by molar-refractivity contribution is -0.167. The number of carbonyl (C=O) groups is 2. The Bertz CT molecular complexity index is 426. The second kappa shape index (κ2) is 10.8. The molecule has 0 aliphatic carbocycles. The van der Waals surface area contributed by atoms with Crippen molar-refractivity contribution < 1.29 is 19.1 Å². The fourth-order valence-corrected chi connectivity index (χ4v) is 1.71. The number of esters is 2. The molecule has 0 fully saturated rings. The highest BCUT2D eigenvalue weighted by Gasteiger charge is 2.25. The summed E-state index contributed by atoms with van der Waals surface area (Å²) in [4.78, 5) is 23.8. The maximum atomic E-state index is 12.0. The third-order valence-corrected chi connectivity index (χ3v) is 2.94. The Kier molecular flexibility index (Phi) is 9.87. The van der Waals surface area contributed by atoms with Gasteiger partial charge in [0.25, 0.3) is 0 Å². The minimum absolute atomic E-state index is 0.0672. The van der Waals surface area contributed by atoms with Gasteiger partial charge >= 0.3 is 11.9 Å². The van der Waals surface area contributed by atoms with Gasteiger partial charge in [0.2, 0.25) is 0 Å². The van der Waals surface area contributed by atoms with E-state index in [9.17, 15) is 9.59 Å². The number of nitrogens with one attached hydrogen (secondary N) is 1. The Morgan fingerprint density at radius 1 is 1.18 bits per heavy atom. The average molecular weight is 309 g/mol. The molecule has 22 heavy (non-hydrogen) atoms. The summed E-state index contributed by atoms with van der Waals surface area (Å²) in [5.74, 6) is -0.706. The Morgan fingerprint density at radius 3 is 2.27 bits per heavy atom. The molecule has 0 saturated carbocycles. The van der Waals surface area contributed by atoms with E-state index in [0.29, 0.717) is 12.3 Å². The molecule has 0 amide bonds. The van der Waals surface area contributed by atoms with Crippen molar-refractivity contribution in [2.75, 3.05) is 13.7 Å². The van der Waals surface area contributed by atoms with Gasteiger partial charge in [0.05, 0.1) is 0 Å². The smallest absolute Gasteiger partial charge is 0.347 e. The lowest BCUT2D eigenvalue weighted by Crippen LogP contribution is -2.40. The van der Waals surface area contributed by atoms with E-state index in [1.165, 1.54) is 6.92 Å². The molecule has 5 nitrogen and oxygen atoms in total. The van der Waals surface area contributed by atoms with Crippen LogP contribution in [-0.2, 0) is 19.1 Å². The molecular weight excluding hydrogens is 282 g/mol. The Labute approximate surface area is 133 Å². The van der Waals surface area contributed by atoms with E-state index in [0.717, 1.165) is 5.57 Å². The van der Waals surface area contributed by atoms with Crippen molar-refractivity contribution >= 4 is 11.9 Å². The van der Waals surface area contributed by atoms with E-state index in [2.05, 4.69) is 18.5 Å². The SMILES string of the molecule is C=C/C=C(\C=C)COC(=O)C(C)OC(=O)C(CC(C)C)NC. The number of carbonyl (C=O) groups excluding carboxylic acids is 2. The number of likely N-dealkylation sites (N-methyl/N-ethyl adjacent to an activating group) is 1. The summed E-state index contributed by atoms with van der Waals surface area (Å²) in [6.07, 6.45) is 4.53. The molecule has 2 atom stereocenters. The third kappa shape index (κ3) is 7.78. The molecule has 2 unspecified atom stereocenters. The van der Waals surface area contributed by atoms with Crippen molar-refractivity contribution in [1.29, 1.82) is 0 Å². The van der Waals surface area contributed by atoms with Crippen LogP contribution in [0.4, 0.5) is 0 Å². The molecular formula is C17H27NO4. The van der Waals surface area contributed by atoms with Crippen LogP contribution in [-0.4, -0.2) is 37.7 Å². The largest absolute Gasteiger partial charge is 0.458 e. The van der Waals surface area contributed by atoms with Crippen LogP contribution in [0.5, 0.6) is 0 Å². The molecule has 0 aromatic heterocycles. The zero-order valence-corrected chi connectivity index (χ0v) is 13.9. The van der Waals surface area contributed by atoms with Crippen molar-refractivity contribution in [2.45, 2.75) is 39.3 Å². The summed E-state index contributed by atoms with van der Waals surface area (Å²) >= 11 is 0. The normalized spacial score (nSPS) is 14.1. The van der Waals surface area contributed by atoms with Gasteiger partial charge in [-0.1, -0.05) is 45.2 Å². The third-order valence-electron chi connectivity index (χ3n) is 2.94. The van der Waals surface area contributed by atoms with Gasteiger partial charge in [-0.25, -0.2) is 4.79 Å². The zero-order valence-electron chi connectivity index (χ0n) is 13.9. The van der Waals surface area contributed by atoms with E-state index in [4.69, 9.17) is 9.47 Å². The first-order chi connectivity index (χ1) is 10.3. The van der Waals surface area contributed by atoms with Gasteiger partial charge in [0, 0.05) is 0 Å². The van der Waals surface area contributed by atoms with Crippen LogP contribution in [0.3, 0.4) is 0 Å². The summed E-state index contributed by atoms with van der Waals surface area (Å²) in [6.45, 7) is 12.8.